The zero-order valence-electron chi connectivity index (χ0n) is 15.2. The van der Waals surface area contributed by atoms with Crippen LogP contribution in [0.2, 0.25) is 0 Å². The van der Waals surface area contributed by atoms with Crippen molar-refractivity contribution >= 4 is 0 Å². The van der Waals surface area contributed by atoms with Gasteiger partial charge in [0.1, 0.15) is 5.82 Å². The second kappa shape index (κ2) is 8.96. The Balaban J connectivity index is 1.33. The molecule has 1 saturated heterocycles. The third-order valence-electron chi connectivity index (χ3n) is 5.93. The average Bonchev–Trinajstić information content (AvgIpc) is 3.07. The Morgan fingerprint density at radius 1 is 1.04 bits per heavy atom. The molecule has 1 aromatic rings. The lowest BCUT2D eigenvalue weighted by Crippen LogP contribution is -2.39. The van der Waals surface area contributed by atoms with Gasteiger partial charge >= 0.3 is 0 Å². The fourth-order valence-corrected chi connectivity index (χ4v) is 4.52. The van der Waals surface area contributed by atoms with E-state index in [1.807, 2.05) is 12.1 Å². The number of hydrogen-bond acceptors (Lipinski definition) is 2. The van der Waals surface area contributed by atoms with Gasteiger partial charge in [-0.05, 0) is 81.8 Å². The third kappa shape index (κ3) is 5.56. The van der Waals surface area contributed by atoms with Crippen molar-refractivity contribution in [1.29, 1.82) is 0 Å². The quantitative estimate of drug-likeness (QED) is 0.738. The Labute approximate surface area is 147 Å². The molecule has 1 heterocycles. The molecule has 134 valence electrons. The topological polar surface area (TPSA) is 6.48 Å². The largest absolute Gasteiger partial charge is 0.306 e. The molecule has 0 aromatic heterocycles. The zero-order chi connectivity index (χ0) is 16.8. The van der Waals surface area contributed by atoms with Crippen LogP contribution in [0, 0.1) is 17.7 Å². The minimum Gasteiger partial charge on any atom is -0.306 e. The van der Waals surface area contributed by atoms with Gasteiger partial charge in [0.15, 0.2) is 0 Å². The van der Waals surface area contributed by atoms with E-state index in [1.54, 1.807) is 6.07 Å². The molecule has 1 aliphatic carbocycles. The molecule has 2 nitrogen and oxygen atoms in total. The van der Waals surface area contributed by atoms with Crippen molar-refractivity contribution in [3.8, 4) is 0 Å². The van der Waals surface area contributed by atoms with Gasteiger partial charge in [-0.3, -0.25) is 0 Å². The van der Waals surface area contributed by atoms with Crippen LogP contribution in [-0.2, 0) is 6.42 Å². The average molecular weight is 333 g/mol. The molecule has 3 heteroatoms. The molecule has 2 aliphatic rings. The molecular formula is C21H33FN2. The van der Waals surface area contributed by atoms with E-state index < -0.39 is 0 Å². The number of likely N-dealkylation sites (tertiary alicyclic amines) is 1. The van der Waals surface area contributed by atoms with Gasteiger partial charge in [0.05, 0.1) is 0 Å². The smallest absolute Gasteiger partial charge is 0.123 e. The van der Waals surface area contributed by atoms with Gasteiger partial charge in [-0.1, -0.05) is 25.0 Å². The predicted molar refractivity (Wildman–Crippen MR) is 98.7 cm³/mol. The minimum absolute atomic E-state index is 0.114. The summed E-state index contributed by atoms with van der Waals surface area (Å²) in [5.74, 6) is 1.71. The van der Waals surface area contributed by atoms with E-state index in [9.17, 15) is 4.39 Å². The molecule has 0 unspecified atom stereocenters. The van der Waals surface area contributed by atoms with Gasteiger partial charge < -0.3 is 9.80 Å². The summed E-state index contributed by atoms with van der Waals surface area (Å²) in [4.78, 5) is 5.14. The first-order valence-electron chi connectivity index (χ1n) is 9.84. The number of piperidine rings is 1. The molecule has 0 N–H and O–H groups in total. The lowest BCUT2D eigenvalue weighted by molar-refractivity contribution is 0.148. The lowest BCUT2D eigenvalue weighted by Gasteiger charge is -2.34. The van der Waals surface area contributed by atoms with Crippen molar-refractivity contribution in [3.05, 3.63) is 35.6 Å². The maximum atomic E-state index is 13.2. The third-order valence-corrected chi connectivity index (χ3v) is 5.93. The molecule has 0 bridgehead atoms. The lowest BCUT2D eigenvalue weighted by atomic mass is 9.95. The molecule has 2 fully saturated rings. The van der Waals surface area contributed by atoms with E-state index in [0.29, 0.717) is 0 Å². The highest BCUT2D eigenvalue weighted by Crippen LogP contribution is 2.26. The van der Waals surface area contributed by atoms with Gasteiger partial charge in [0.25, 0.3) is 0 Å². The Morgan fingerprint density at radius 3 is 2.38 bits per heavy atom. The molecule has 1 saturated carbocycles. The molecule has 0 amide bonds. The highest BCUT2D eigenvalue weighted by Gasteiger charge is 2.22. The van der Waals surface area contributed by atoms with Crippen LogP contribution in [0.3, 0.4) is 0 Å². The summed E-state index contributed by atoms with van der Waals surface area (Å²) in [5.41, 5.74) is 1.12. The van der Waals surface area contributed by atoms with E-state index >= 15 is 0 Å². The van der Waals surface area contributed by atoms with E-state index in [0.717, 1.165) is 30.4 Å². The Hall–Kier alpha value is -0.930. The summed E-state index contributed by atoms with van der Waals surface area (Å²) < 4.78 is 13.2. The molecule has 24 heavy (non-hydrogen) atoms. The summed E-state index contributed by atoms with van der Waals surface area (Å²) in [6.07, 6.45) is 9.39. The van der Waals surface area contributed by atoms with Crippen molar-refractivity contribution in [3.63, 3.8) is 0 Å². The Kier molecular flexibility index (Phi) is 6.67. The Bertz CT molecular complexity index is 490. The Morgan fingerprint density at radius 2 is 1.71 bits per heavy atom. The predicted octanol–water partition coefficient (Wildman–Crippen LogP) is 4.20. The van der Waals surface area contributed by atoms with Gasteiger partial charge in [-0.25, -0.2) is 4.39 Å². The maximum Gasteiger partial charge on any atom is 0.123 e. The van der Waals surface area contributed by atoms with E-state index in [2.05, 4.69) is 16.8 Å². The van der Waals surface area contributed by atoms with Crippen LogP contribution in [-0.4, -0.2) is 49.6 Å². The molecule has 1 aromatic carbocycles. The molecule has 0 radical (unpaired) electrons. The summed E-state index contributed by atoms with van der Waals surface area (Å²) in [6, 6.07) is 7.05. The van der Waals surface area contributed by atoms with Crippen molar-refractivity contribution in [2.45, 2.75) is 44.9 Å². The van der Waals surface area contributed by atoms with Crippen molar-refractivity contribution in [2.75, 3.05) is 39.8 Å². The normalized spacial score (nSPS) is 21.0. The van der Waals surface area contributed by atoms with E-state index in [1.165, 1.54) is 70.8 Å². The second-order valence-corrected chi connectivity index (χ2v) is 8.04. The second-order valence-electron chi connectivity index (χ2n) is 8.04. The monoisotopic (exact) mass is 332 g/mol. The van der Waals surface area contributed by atoms with Crippen molar-refractivity contribution in [1.82, 2.24) is 9.80 Å². The van der Waals surface area contributed by atoms with Crippen LogP contribution in [0.4, 0.5) is 4.39 Å². The molecule has 1 aliphatic heterocycles. The van der Waals surface area contributed by atoms with Crippen molar-refractivity contribution < 1.29 is 4.39 Å². The fourth-order valence-electron chi connectivity index (χ4n) is 4.52. The summed E-state index contributed by atoms with van der Waals surface area (Å²) in [5, 5.41) is 0. The van der Waals surface area contributed by atoms with Crippen LogP contribution in [0.25, 0.3) is 0 Å². The van der Waals surface area contributed by atoms with Crippen LogP contribution in [0.5, 0.6) is 0 Å². The first-order chi connectivity index (χ1) is 11.7. The highest BCUT2D eigenvalue weighted by atomic mass is 19.1. The van der Waals surface area contributed by atoms with Crippen LogP contribution in [0.1, 0.15) is 44.1 Å². The molecule has 3 rings (SSSR count). The van der Waals surface area contributed by atoms with Gasteiger partial charge in [-0.2, -0.15) is 0 Å². The SMILES string of the molecule is CN(CC1CCCC1)CC1CCN(CCc2cccc(F)c2)CC1. The summed E-state index contributed by atoms with van der Waals surface area (Å²) >= 11 is 0. The van der Waals surface area contributed by atoms with E-state index in [-0.39, 0.29) is 5.82 Å². The van der Waals surface area contributed by atoms with Crippen LogP contribution < -0.4 is 0 Å². The van der Waals surface area contributed by atoms with Crippen molar-refractivity contribution in [2.24, 2.45) is 11.8 Å². The van der Waals surface area contributed by atoms with Crippen LogP contribution >= 0.6 is 0 Å². The number of rotatable bonds is 7. The zero-order valence-corrected chi connectivity index (χ0v) is 15.2. The van der Waals surface area contributed by atoms with Gasteiger partial charge in [0.2, 0.25) is 0 Å². The van der Waals surface area contributed by atoms with E-state index in [4.69, 9.17) is 0 Å². The summed E-state index contributed by atoms with van der Waals surface area (Å²) in [6.45, 7) is 6.05. The van der Waals surface area contributed by atoms with Crippen LogP contribution in [0.15, 0.2) is 24.3 Å². The fraction of sp³-hybridized carbons (Fsp3) is 0.714. The number of nitrogens with zero attached hydrogens (tertiary/aromatic N) is 2. The number of benzene rings is 1. The molecular weight excluding hydrogens is 299 g/mol. The summed E-state index contributed by atoms with van der Waals surface area (Å²) in [7, 11) is 2.31. The minimum atomic E-state index is -0.114. The molecule has 0 spiro atoms. The standard InChI is InChI=1S/C21H33FN2/c1-23(16-19-5-2-3-6-19)17-20-10-13-24(14-11-20)12-9-18-7-4-8-21(22)15-18/h4,7-8,15,19-20H,2-3,5-6,9-14,16-17H2,1H3. The highest BCUT2D eigenvalue weighted by molar-refractivity contribution is 5.16. The molecule has 0 atom stereocenters. The first-order valence-corrected chi connectivity index (χ1v) is 9.84. The maximum absolute atomic E-state index is 13.2. The van der Waals surface area contributed by atoms with Gasteiger partial charge in [-0.15, -0.1) is 0 Å². The number of halogens is 1. The number of hydrogen-bond donors (Lipinski definition) is 0. The first kappa shape index (κ1) is 17.9. The van der Waals surface area contributed by atoms with Gasteiger partial charge in [0, 0.05) is 19.6 Å².